The van der Waals surface area contributed by atoms with E-state index in [1.807, 2.05) is 13.0 Å². The van der Waals surface area contributed by atoms with Crippen LogP contribution in [-0.4, -0.2) is 23.3 Å². The summed E-state index contributed by atoms with van der Waals surface area (Å²) >= 11 is 0. The fourth-order valence-electron chi connectivity index (χ4n) is 2.37. The van der Waals surface area contributed by atoms with Gasteiger partial charge in [-0.1, -0.05) is 35.9 Å². The Morgan fingerprint density at radius 2 is 1.83 bits per heavy atom. The molecule has 0 bridgehead atoms. The summed E-state index contributed by atoms with van der Waals surface area (Å²) in [7, 11) is 0. The highest BCUT2D eigenvalue weighted by Gasteiger charge is 2.31. The van der Waals surface area contributed by atoms with Gasteiger partial charge in [0.05, 0.1) is 11.5 Å². The number of carbonyl (C=O) groups is 2. The molecule has 0 saturated heterocycles. The number of esters is 1. The molecular weight excluding hydrogens is 310 g/mol. The Bertz CT molecular complexity index is 767. The molecule has 0 N–H and O–H groups in total. The van der Waals surface area contributed by atoms with Gasteiger partial charge in [0.1, 0.15) is 5.92 Å². The van der Waals surface area contributed by atoms with Gasteiger partial charge >= 0.3 is 5.97 Å². The zero-order valence-corrected chi connectivity index (χ0v) is 13.4. The lowest BCUT2D eigenvalue weighted by Crippen LogP contribution is -2.24. The fraction of sp³-hybridized carbons (Fsp3) is 0.222. The van der Waals surface area contributed by atoms with Crippen LogP contribution in [0, 0.1) is 17.0 Å². The number of aryl methyl sites for hydroxylation is 1. The second kappa shape index (κ2) is 7.50. The van der Waals surface area contributed by atoms with Crippen molar-refractivity contribution in [2.24, 2.45) is 0 Å². The molecule has 0 saturated carbocycles. The zero-order valence-electron chi connectivity index (χ0n) is 13.4. The Kier molecular flexibility index (Phi) is 5.42. The van der Waals surface area contributed by atoms with Gasteiger partial charge in [-0.2, -0.15) is 0 Å². The van der Waals surface area contributed by atoms with Crippen LogP contribution in [0.4, 0.5) is 5.69 Å². The standard InChI is InChI=1S/C18H17NO5/c1-3-24-18(21)16(13-7-9-15(10-8-13)19(22)23)17(20)14-6-4-5-12(2)11-14/h4-11,16H,3H2,1-2H3. The molecule has 0 radical (unpaired) electrons. The molecule has 0 aliphatic carbocycles. The lowest BCUT2D eigenvalue weighted by atomic mass is 9.90. The first-order valence-corrected chi connectivity index (χ1v) is 7.46. The van der Waals surface area contributed by atoms with E-state index in [-0.39, 0.29) is 12.3 Å². The SMILES string of the molecule is CCOC(=O)C(C(=O)c1cccc(C)c1)c1ccc([N+](=O)[O-])cc1. The molecule has 0 aromatic heterocycles. The van der Waals surface area contributed by atoms with Crippen molar-refractivity contribution in [3.05, 3.63) is 75.3 Å². The number of benzene rings is 2. The summed E-state index contributed by atoms with van der Waals surface area (Å²) in [5.41, 5.74) is 1.55. The number of nitrogens with zero attached hydrogens (tertiary/aromatic N) is 1. The van der Waals surface area contributed by atoms with E-state index in [1.54, 1.807) is 25.1 Å². The Balaban J connectivity index is 2.42. The molecule has 124 valence electrons. The third-order valence-corrected chi connectivity index (χ3v) is 3.52. The quantitative estimate of drug-likeness (QED) is 0.267. The number of Topliss-reactive ketones (excluding diaryl/α,β-unsaturated/α-hetero) is 1. The van der Waals surface area contributed by atoms with Gasteiger partial charge in [-0.15, -0.1) is 0 Å². The summed E-state index contributed by atoms with van der Waals surface area (Å²) in [6.45, 7) is 3.65. The molecule has 0 aliphatic heterocycles. The van der Waals surface area contributed by atoms with Crippen LogP contribution in [0.25, 0.3) is 0 Å². The smallest absolute Gasteiger partial charge is 0.321 e. The molecule has 0 spiro atoms. The average Bonchev–Trinajstić information content (AvgIpc) is 2.55. The molecule has 24 heavy (non-hydrogen) atoms. The van der Waals surface area contributed by atoms with Crippen molar-refractivity contribution in [3.8, 4) is 0 Å². The number of ether oxygens (including phenoxy) is 1. The van der Waals surface area contributed by atoms with Gasteiger partial charge in [-0.05, 0) is 25.5 Å². The number of carbonyl (C=O) groups excluding carboxylic acids is 2. The molecular formula is C18H17NO5. The molecule has 6 nitrogen and oxygen atoms in total. The minimum absolute atomic E-state index is 0.107. The monoisotopic (exact) mass is 327 g/mol. The Labute approximate surface area is 139 Å². The van der Waals surface area contributed by atoms with E-state index < -0.39 is 22.6 Å². The van der Waals surface area contributed by atoms with Crippen LogP contribution in [0.1, 0.15) is 34.3 Å². The lowest BCUT2D eigenvalue weighted by molar-refractivity contribution is -0.384. The molecule has 0 amide bonds. The van der Waals surface area contributed by atoms with E-state index in [9.17, 15) is 19.7 Å². The van der Waals surface area contributed by atoms with Gasteiger partial charge in [0.25, 0.3) is 5.69 Å². The highest BCUT2D eigenvalue weighted by molar-refractivity contribution is 6.13. The van der Waals surface area contributed by atoms with Gasteiger partial charge < -0.3 is 4.74 Å². The maximum absolute atomic E-state index is 12.8. The fourth-order valence-corrected chi connectivity index (χ4v) is 2.37. The minimum atomic E-state index is -1.15. The Morgan fingerprint density at radius 3 is 2.38 bits per heavy atom. The first-order chi connectivity index (χ1) is 11.4. The third-order valence-electron chi connectivity index (χ3n) is 3.52. The summed E-state index contributed by atoms with van der Waals surface area (Å²) < 4.78 is 5.02. The van der Waals surface area contributed by atoms with Crippen LogP contribution in [0.2, 0.25) is 0 Å². The van der Waals surface area contributed by atoms with Gasteiger partial charge in [0.2, 0.25) is 0 Å². The maximum Gasteiger partial charge on any atom is 0.321 e. The van der Waals surface area contributed by atoms with Crippen molar-refractivity contribution in [2.45, 2.75) is 19.8 Å². The van der Waals surface area contributed by atoms with Crippen molar-refractivity contribution in [1.29, 1.82) is 0 Å². The van der Waals surface area contributed by atoms with Gasteiger partial charge in [0.15, 0.2) is 5.78 Å². The van der Waals surface area contributed by atoms with Gasteiger partial charge in [0, 0.05) is 17.7 Å². The van der Waals surface area contributed by atoms with E-state index in [1.165, 1.54) is 24.3 Å². The van der Waals surface area contributed by atoms with E-state index >= 15 is 0 Å². The number of nitro benzene ring substituents is 1. The molecule has 6 heteroatoms. The van der Waals surface area contributed by atoms with Crippen LogP contribution in [-0.2, 0) is 9.53 Å². The number of non-ortho nitro benzene ring substituents is 1. The molecule has 0 fully saturated rings. The van der Waals surface area contributed by atoms with E-state index in [0.717, 1.165) is 5.56 Å². The van der Waals surface area contributed by atoms with Crippen LogP contribution in [0.5, 0.6) is 0 Å². The van der Waals surface area contributed by atoms with Crippen molar-refractivity contribution < 1.29 is 19.2 Å². The van der Waals surface area contributed by atoms with Crippen molar-refractivity contribution in [2.75, 3.05) is 6.61 Å². The number of ketones is 1. The maximum atomic E-state index is 12.8. The second-order valence-corrected chi connectivity index (χ2v) is 5.27. The first-order valence-electron chi connectivity index (χ1n) is 7.46. The highest BCUT2D eigenvalue weighted by Crippen LogP contribution is 2.25. The number of hydrogen-bond acceptors (Lipinski definition) is 5. The number of hydrogen-bond donors (Lipinski definition) is 0. The highest BCUT2D eigenvalue weighted by atomic mass is 16.6. The van der Waals surface area contributed by atoms with Gasteiger partial charge in [-0.3, -0.25) is 19.7 Å². The predicted molar refractivity (Wildman–Crippen MR) is 88.0 cm³/mol. The molecule has 1 atom stereocenters. The van der Waals surface area contributed by atoms with E-state index in [2.05, 4.69) is 0 Å². The molecule has 1 unspecified atom stereocenters. The normalized spacial score (nSPS) is 11.6. The van der Waals surface area contributed by atoms with Gasteiger partial charge in [-0.25, -0.2) is 0 Å². The zero-order chi connectivity index (χ0) is 17.7. The minimum Gasteiger partial charge on any atom is -0.465 e. The molecule has 2 aromatic rings. The summed E-state index contributed by atoms with van der Waals surface area (Å²) in [4.78, 5) is 35.3. The van der Waals surface area contributed by atoms with Crippen LogP contribution < -0.4 is 0 Å². The number of rotatable bonds is 6. The molecule has 0 aliphatic rings. The number of nitro groups is 1. The summed E-state index contributed by atoms with van der Waals surface area (Å²) in [5.74, 6) is -2.21. The molecule has 0 heterocycles. The van der Waals surface area contributed by atoms with Crippen molar-refractivity contribution in [1.82, 2.24) is 0 Å². The molecule has 2 aromatic carbocycles. The summed E-state index contributed by atoms with van der Waals surface area (Å²) in [6.07, 6.45) is 0. The van der Waals surface area contributed by atoms with Crippen LogP contribution in [0.15, 0.2) is 48.5 Å². The average molecular weight is 327 g/mol. The lowest BCUT2D eigenvalue weighted by Gasteiger charge is -2.15. The molecule has 2 rings (SSSR count). The summed E-state index contributed by atoms with van der Waals surface area (Å²) in [5, 5.41) is 10.8. The van der Waals surface area contributed by atoms with Crippen molar-refractivity contribution in [3.63, 3.8) is 0 Å². The van der Waals surface area contributed by atoms with E-state index in [0.29, 0.717) is 11.1 Å². The predicted octanol–water partition coefficient (Wildman–Crippen LogP) is 3.43. The Hall–Kier alpha value is -3.02. The van der Waals surface area contributed by atoms with E-state index in [4.69, 9.17) is 4.74 Å². The Morgan fingerprint density at radius 1 is 1.17 bits per heavy atom. The largest absolute Gasteiger partial charge is 0.465 e. The van der Waals surface area contributed by atoms with Crippen LogP contribution >= 0.6 is 0 Å². The van der Waals surface area contributed by atoms with Crippen LogP contribution in [0.3, 0.4) is 0 Å². The third kappa shape index (κ3) is 3.84. The second-order valence-electron chi connectivity index (χ2n) is 5.27. The van der Waals surface area contributed by atoms with Crippen molar-refractivity contribution >= 4 is 17.4 Å². The topological polar surface area (TPSA) is 86.5 Å². The first kappa shape index (κ1) is 17.3. The summed E-state index contributed by atoms with van der Waals surface area (Å²) in [6, 6.07) is 12.3.